The van der Waals surface area contributed by atoms with Crippen LogP contribution in [0.15, 0.2) is 0 Å². The second-order valence-corrected chi connectivity index (χ2v) is 4.19. The van der Waals surface area contributed by atoms with Gasteiger partial charge in [0.15, 0.2) is 0 Å². The van der Waals surface area contributed by atoms with Crippen molar-refractivity contribution in [1.29, 1.82) is 0 Å². The molecule has 0 aliphatic carbocycles. The topological polar surface area (TPSA) is 82.8 Å². The van der Waals surface area contributed by atoms with E-state index in [1.54, 1.807) is 0 Å². The van der Waals surface area contributed by atoms with Crippen LogP contribution in [-0.2, 0) is 14.2 Å². The Kier molecular flexibility index (Phi) is 8.14. The first-order valence-corrected chi connectivity index (χ1v) is 7.44. The van der Waals surface area contributed by atoms with Crippen molar-refractivity contribution in [2.24, 2.45) is 5.73 Å². The molecule has 17 heavy (non-hydrogen) atoms. The highest BCUT2D eigenvalue weighted by molar-refractivity contribution is 6.09. The summed E-state index contributed by atoms with van der Waals surface area (Å²) in [5, 5.41) is 2.52. The van der Waals surface area contributed by atoms with Crippen molar-refractivity contribution in [3.63, 3.8) is 0 Å². The quantitative estimate of drug-likeness (QED) is 0.437. The minimum absolute atomic E-state index is 0.341. The molecular formula is C10H24N2O4Si. The molecule has 0 spiro atoms. The Bertz CT molecular complexity index is 222. The molecule has 0 radical (unpaired) electrons. The maximum atomic E-state index is 11.1. The van der Waals surface area contributed by atoms with E-state index in [0.29, 0.717) is 19.8 Å². The highest BCUT2D eigenvalue weighted by atomic mass is 28.1. The van der Waals surface area contributed by atoms with Gasteiger partial charge in [0.25, 0.3) is 5.91 Å². The van der Waals surface area contributed by atoms with Gasteiger partial charge in [-0.05, 0) is 26.8 Å². The van der Waals surface area contributed by atoms with E-state index in [-0.39, 0.29) is 6.10 Å². The van der Waals surface area contributed by atoms with Crippen LogP contribution >= 0.6 is 0 Å². The molecule has 0 saturated carbocycles. The van der Waals surface area contributed by atoms with Gasteiger partial charge in [0.05, 0.1) is 0 Å². The summed E-state index contributed by atoms with van der Waals surface area (Å²) in [6.45, 7) is 6.85. The second kappa shape index (κ2) is 8.46. The van der Waals surface area contributed by atoms with E-state index in [4.69, 9.17) is 19.9 Å². The van der Waals surface area contributed by atoms with Crippen LogP contribution in [0, 0.1) is 0 Å². The summed E-state index contributed by atoms with van der Waals surface area (Å²) < 4.78 is 16.7. The number of primary amides is 1. The first-order valence-electron chi connectivity index (χ1n) is 6.03. The maximum Gasteiger partial charge on any atom is 0.316 e. The van der Waals surface area contributed by atoms with Gasteiger partial charge in [0.2, 0.25) is 0 Å². The van der Waals surface area contributed by atoms with Gasteiger partial charge in [0, 0.05) is 30.1 Å². The van der Waals surface area contributed by atoms with Gasteiger partial charge < -0.3 is 19.9 Å². The molecule has 6 nitrogen and oxygen atoms in total. The van der Waals surface area contributed by atoms with E-state index in [0.717, 1.165) is 16.3 Å². The van der Waals surface area contributed by atoms with Crippen molar-refractivity contribution in [3.8, 4) is 0 Å². The molecule has 7 heteroatoms. The molecule has 0 aliphatic heterocycles. The number of hydrogen-bond donors (Lipinski definition) is 2. The zero-order valence-electron chi connectivity index (χ0n) is 11.1. The Balaban J connectivity index is 5.01. The van der Waals surface area contributed by atoms with Crippen molar-refractivity contribution in [2.45, 2.75) is 38.8 Å². The Hall–Kier alpha value is -0.633. The maximum absolute atomic E-state index is 11.1. The average Bonchev–Trinajstić information content (AvgIpc) is 2.25. The van der Waals surface area contributed by atoms with Crippen molar-refractivity contribution in [2.75, 3.05) is 19.8 Å². The van der Waals surface area contributed by atoms with Crippen LogP contribution in [0.25, 0.3) is 0 Å². The fourth-order valence-corrected chi connectivity index (χ4v) is 2.45. The van der Waals surface area contributed by atoms with Gasteiger partial charge in [-0.1, -0.05) is 0 Å². The summed E-state index contributed by atoms with van der Waals surface area (Å²) in [5.41, 5.74) is 5.17. The largest absolute Gasteiger partial charge is 0.371 e. The van der Waals surface area contributed by atoms with E-state index in [9.17, 15) is 4.79 Å². The fraction of sp³-hybridized carbons (Fsp3) is 0.900. The molecule has 0 aromatic heterocycles. The molecule has 0 aromatic rings. The molecule has 0 heterocycles. The van der Waals surface area contributed by atoms with Crippen LogP contribution in [0.2, 0.25) is 6.04 Å². The van der Waals surface area contributed by atoms with Gasteiger partial charge in [-0.25, -0.2) is 4.79 Å². The van der Waals surface area contributed by atoms with Crippen LogP contribution in [0.1, 0.15) is 20.8 Å². The van der Waals surface area contributed by atoms with Crippen LogP contribution < -0.4 is 11.1 Å². The van der Waals surface area contributed by atoms with Crippen LogP contribution in [-0.4, -0.2) is 48.1 Å². The van der Waals surface area contributed by atoms with Crippen LogP contribution in [0.5, 0.6) is 0 Å². The lowest BCUT2D eigenvalue weighted by Crippen LogP contribution is -2.62. The van der Waals surface area contributed by atoms with Gasteiger partial charge in [-0.15, -0.1) is 0 Å². The van der Waals surface area contributed by atoms with E-state index in [2.05, 4.69) is 5.32 Å². The van der Waals surface area contributed by atoms with Gasteiger partial charge in [-0.3, -0.25) is 5.32 Å². The fourth-order valence-electron chi connectivity index (χ4n) is 1.68. The van der Waals surface area contributed by atoms with Gasteiger partial charge >= 0.3 is 6.03 Å². The number of carbonyl (C=O) groups is 1. The highest BCUT2D eigenvalue weighted by Gasteiger charge is 2.42. The Morgan fingerprint density at radius 1 is 1.29 bits per heavy atom. The zero-order chi connectivity index (χ0) is 13.3. The summed E-state index contributed by atoms with van der Waals surface area (Å²) in [5.74, 6) is -1.27. The molecular weight excluding hydrogens is 240 g/mol. The smallest absolute Gasteiger partial charge is 0.316 e. The van der Waals surface area contributed by atoms with Gasteiger partial charge in [0.1, 0.15) is 6.10 Å². The standard InChI is InChI=1S/C10H24N2O4Si/c1-4-14-8(7-17)10(15-5-2,16-6-3)12-9(11)13/h8H,4-7H2,1-3,17H3,(H3,11,12,13). The third-order valence-corrected chi connectivity index (χ3v) is 2.92. The van der Waals surface area contributed by atoms with E-state index < -0.39 is 11.9 Å². The van der Waals surface area contributed by atoms with Crippen molar-refractivity contribution < 1.29 is 19.0 Å². The van der Waals surface area contributed by atoms with Crippen molar-refractivity contribution >= 4 is 16.3 Å². The predicted octanol–water partition coefficient (Wildman–Crippen LogP) is -0.430. The number of amides is 2. The molecule has 0 rings (SSSR count). The molecule has 1 unspecified atom stereocenters. The summed E-state index contributed by atoms with van der Waals surface area (Å²) >= 11 is 0. The summed E-state index contributed by atoms with van der Waals surface area (Å²) in [6.07, 6.45) is -0.341. The monoisotopic (exact) mass is 264 g/mol. The molecule has 1 atom stereocenters. The number of carbonyl (C=O) groups excluding carboxylic acids is 1. The van der Waals surface area contributed by atoms with E-state index in [1.807, 2.05) is 20.8 Å². The second-order valence-electron chi connectivity index (χ2n) is 3.38. The Morgan fingerprint density at radius 3 is 2.12 bits per heavy atom. The molecule has 0 saturated heterocycles. The molecule has 3 N–H and O–H groups in total. The normalized spacial score (nSPS) is 13.6. The van der Waals surface area contributed by atoms with Crippen LogP contribution in [0.4, 0.5) is 4.79 Å². The van der Waals surface area contributed by atoms with E-state index >= 15 is 0 Å². The molecule has 0 aliphatic rings. The lowest BCUT2D eigenvalue weighted by molar-refractivity contribution is -0.294. The minimum atomic E-state index is -1.27. The minimum Gasteiger partial charge on any atom is -0.371 e. The summed E-state index contributed by atoms with van der Waals surface area (Å²) in [7, 11) is 0.905. The first-order chi connectivity index (χ1) is 8.06. The average molecular weight is 264 g/mol. The number of nitrogens with two attached hydrogens (primary N) is 1. The Morgan fingerprint density at radius 2 is 1.82 bits per heavy atom. The number of rotatable bonds is 9. The Labute approximate surface area is 106 Å². The van der Waals surface area contributed by atoms with Crippen LogP contribution in [0.3, 0.4) is 0 Å². The summed E-state index contributed by atoms with van der Waals surface area (Å²) in [4.78, 5) is 11.1. The lowest BCUT2D eigenvalue weighted by Gasteiger charge is -2.38. The third kappa shape index (κ3) is 5.03. The van der Waals surface area contributed by atoms with Crippen molar-refractivity contribution in [3.05, 3.63) is 0 Å². The third-order valence-electron chi connectivity index (χ3n) is 2.18. The number of urea groups is 1. The lowest BCUT2D eigenvalue weighted by atomic mass is 10.2. The number of nitrogens with one attached hydrogen (secondary N) is 1. The molecule has 0 fully saturated rings. The van der Waals surface area contributed by atoms with Gasteiger partial charge in [-0.2, -0.15) is 0 Å². The number of ether oxygens (including phenoxy) is 3. The first kappa shape index (κ1) is 16.4. The molecule has 0 aromatic carbocycles. The SMILES string of the molecule is CCOC(C[SiH3])C(NC(N)=O)(OCC)OCC. The molecule has 2 amide bonds. The number of hydrogen-bond acceptors (Lipinski definition) is 4. The zero-order valence-corrected chi connectivity index (χ0v) is 13.1. The molecule has 0 bridgehead atoms. The van der Waals surface area contributed by atoms with E-state index in [1.165, 1.54) is 0 Å². The highest BCUT2D eigenvalue weighted by Crippen LogP contribution is 2.20. The van der Waals surface area contributed by atoms with Crippen molar-refractivity contribution in [1.82, 2.24) is 5.32 Å². The molecule has 102 valence electrons. The predicted molar refractivity (Wildman–Crippen MR) is 68.9 cm³/mol. The summed E-state index contributed by atoms with van der Waals surface area (Å²) in [6, 6.07) is 0.0837.